The van der Waals surface area contributed by atoms with Gasteiger partial charge in [0.2, 0.25) is 10.0 Å². The summed E-state index contributed by atoms with van der Waals surface area (Å²) in [6, 6.07) is 18.5. The van der Waals surface area contributed by atoms with E-state index in [1.807, 2.05) is 18.2 Å². The fourth-order valence-corrected chi connectivity index (χ4v) is 8.16. The Bertz CT molecular complexity index is 1640. The maximum atomic E-state index is 13.2. The largest absolute Gasteiger partial charge is 0.351 e. The molecule has 3 heterocycles. The van der Waals surface area contributed by atoms with Crippen LogP contribution in [-0.4, -0.2) is 74.3 Å². The molecular weight excluding hydrogens is 555 g/mol. The number of carbonyl (C=O) groups is 1. The first-order valence-electron chi connectivity index (χ1n) is 14.1. The highest BCUT2D eigenvalue weighted by Crippen LogP contribution is 2.33. The molecule has 0 bridgehead atoms. The van der Waals surface area contributed by atoms with E-state index in [9.17, 15) is 13.2 Å². The zero-order valence-electron chi connectivity index (χ0n) is 23.5. The number of fused-ring (bicyclic) bond motifs is 2. The minimum Gasteiger partial charge on any atom is -0.351 e. The van der Waals surface area contributed by atoms with Crippen molar-refractivity contribution in [1.29, 1.82) is 0 Å². The molecule has 0 aliphatic carbocycles. The van der Waals surface area contributed by atoms with E-state index >= 15 is 0 Å². The summed E-state index contributed by atoms with van der Waals surface area (Å²) in [5.41, 5.74) is 6.30. The van der Waals surface area contributed by atoms with Crippen LogP contribution in [0.5, 0.6) is 0 Å². The van der Waals surface area contributed by atoms with E-state index in [4.69, 9.17) is 4.98 Å². The lowest BCUT2D eigenvalue weighted by atomic mass is 10.0. The first kappa shape index (κ1) is 27.8. The number of sulfonamides is 1. The maximum absolute atomic E-state index is 13.2. The van der Waals surface area contributed by atoms with Gasteiger partial charge >= 0.3 is 0 Å². The van der Waals surface area contributed by atoms with Crippen LogP contribution in [0.1, 0.15) is 32.6 Å². The topological polar surface area (TPSA) is 85.8 Å². The lowest BCUT2D eigenvalue weighted by molar-refractivity contribution is 0.0947. The quantitative estimate of drug-likeness (QED) is 0.348. The number of anilines is 1. The molecule has 1 amide bonds. The summed E-state index contributed by atoms with van der Waals surface area (Å²) in [5.74, 6) is -0.195. The van der Waals surface area contributed by atoms with Crippen molar-refractivity contribution >= 4 is 42.6 Å². The molecule has 6 rings (SSSR count). The number of nitrogens with zero attached hydrogens (tertiary/aromatic N) is 4. The Morgan fingerprint density at radius 2 is 1.61 bits per heavy atom. The summed E-state index contributed by atoms with van der Waals surface area (Å²) >= 11 is 1.77. The molecule has 1 saturated heterocycles. The van der Waals surface area contributed by atoms with Crippen LogP contribution < -0.4 is 10.2 Å². The van der Waals surface area contributed by atoms with E-state index in [1.165, 1.54) is 37.8 Å². The van der Waals surface area contributed by atoms with Crippen molar-refractivity contribution in [3.63, 3.8) is 0 Å². The van der Waals surface area contributed by atoms with Crippen molar-refractivity contribution < 1.29 is 13.2 Å². The number of carbonyl (C=O) groups excluding carboxylic acids is 1. The monoisotopic (exact) mass is 589 g/mol. The molecule has 4 aromatic rings. The molecule has 1 fully saturated rings. The van der Waals surface area contributed by atoms with Crippen molar-refractivity contribution in [2.24, 2.45) is 0 Å². The van der Waals surface area contributed by atoms with E-state index < -0.39 is 10.0 Å². The number of hydrogen-bond donors (Lipinski definition) is 1. The molecule has 8 nitrogen and oxygen atoms in total. The molecule has 1 aromatic heterocycles. The second kappa shape index (κ2) is 11.5. The van der Waals surface area contributed by atoms with Crippen molar-refractivity contribution in [1.82, 2.24) is 19.5 Å². The normalized spacial score (nSPS) is 16.6. The predicted octanol–water partition coefficient (Wildman–Crippen LogP) is 4.21. The summed E-state index contributed by atoms with van der Waals surface area (Å²) in [5, 5.41) is 4.07. The fourth-order valence-electron chi connectivity index (χ4n) is 5.58. The molecule has 10 heteroatoms. The summed E-state index contributed by atoms with van der Waals surface area (Å²) < 4.78 is 29.2. The molecule has 3 aromatic carbocycles. The average molecular weight is 590 g/mol. The fraction of sp³-hybridized carbons (Fsp3) is 0.355. The third kappa shape index (κ3) is 5.74. The van der Waals surface area contributed by atoms with E-state index in [0.717, 1.165) is 48.9 Å². The number of amides is 1. The standard InChI is InChI=1S/C31H35N5O3S2/c1-22-7-8-23(2)29-28(22)33-31(40-29)35-19-17-34(18-20-35)16-14-32-30(37)25-9-11-27(12-10-25)41(38,39)36-15-13-24-5-3-4-6-26(24)21-36/h3-12H,13-21H2,1-2H3,(H,32,37). The summed E-state index contributed by atoms with van der Waals surface area (Å²) in [6.07, 6.45) is 0.701. The second-order valence-electron chi connectivity index (χ2n) is 10.8. The van der Waals surface area contributed by atoms with Gasteiger partial charge in [-0.05, 0) is 66.8 Å². The molecule has 0 unspecified atom stereocenters. The van der Waals surface area contributed by atoms with Crippen LogP contribution >= 0.6 is 11.3 Å². The number of nitrogens with one attached hydrogen (secondary N) is 1. The minimum absolute atomic E-state index is 0.195. The number of hydrogen-bond acceptors (Lipinski definition) is 7. The lowest BCUT2D eigenvalue weighted by Crippen LogP contribution is -2.48. The Kier molecular flexibility index (Phi) is 7.82. The zero-order valence-corrected chi connectivity index (χ0v) is 25.1. The highest BCUT2D eigenvalue weighted by Gasteiger charge is 2.28. The maximum Gasteiger partial charge on any atom is 0.251 e. The summed E-state index contributed by atoms with van der Waals surface area (Å²) in [6.45, 7) is 10.0. The van der Waals surface area contributed by atoms with E-state index in [1.54, 1.807) is 23.5 Å². The van der Waals surface area contributed by atoms with Crippen molar-refractivity contribution in [2.75, 3.05) is 50.7 Å². The second-order valence-corrected chi connectivity index (χ2v) is 13.8. The molecule has 0 spiro atoms. The van der Waals surface area contributed by atoms with Gasteiger partial charge in [0.05, 0.1) is 15.1 Å². The number of piperazine rings is 1. The van der Waals surface area contributed by atoms with Gasteiger partial charge in [-0.1, -0.05) is 47.7 Å². The van der Waals surface area contributed by atoms with Gasteiger partial charge in [-0.15, -0.1) is 0 Å². The number of benzene rings is 3. The van der Waals surface area contributed by atoms with Gasteiger partial charge in [-0.2, -0.15) is 4.31 Å². The predicted molar refractivity (Wildman–Crippen MR) is 164 cm³/mol. The summed E-state index contributed by atoms with van der Waals surface area (Å²) in [7, 11) is -3.63. The van der Waals surface area contributed by atoms with Gasteiger partial charge < -0.3 is 10.2 Å². The Labute approximate surface area is 245 Å². The zero-order chi connectivity index (χ0) is 28.6. The molecule has 2 aliphatic heterocycles. The Hall–Kier alpha value is -3.31. The number of aromatic nitrogens is 1. The van der Waals surface area contributed by atoms with Crippen molar-refractivity contribution in [2.45, 2.75) is 31.7 Å². The molecular formula is C31H35N5O3S2. The van der Waals surface area contributed by atoms with Gasteiger partial charge in [0.15, 0.2) is 5.13 Å². The molecule has 0 radical (unpaired) electrons. The van der Waals surface area contributed by atoms with Crippen LogP contribution in [0.3, 0.4) is 0 Å². The van der Waals surface area contributed by atoms with Gasteiger partial charge in [-0.25, -0.2) is 13.4 Å². The summed E-state index contributed by atoms with van der Waals surface area (Å²) in [4.78, 5) is 22.6. The number of thiazole rings is 1. The highest BCUT2D eigenvalue weighted by atomic mass is 32.2. The first-order valence-corrected chi connectivity index (χ1v) is 16.3. The van der Waals surface area contributed by atoms with Crippen molar-refractivity contribution in [3.05, 3.63) is 88.5 Å². The van der Waals surface area contributed by atoms with Crippen LogP contribution in [0.2, 0.25) is 0 Å². The van der Waals surface area contributed by atoms with Crippen molar-refractivity contribution in [3.8, 4) is 0 Å². The van der Waals surface area contributed by atoms with Crippen LogP contribution in [0.25, 0.3) is 10.2 Å². The molecule has 2 aliphatic rings. The average Bonchev–Trinajstić information content (AvgIpc) is 3.46. The molecule has 0 atom stereocenters. The Morgan fingerprint density at radius 1 is 0.902 bits per heavy atom. The van der Waals surface area contributed by atoms with Gasteiger partial charge in [0.1, 0.15) is 0 Å². The number of aryl methyl sites for hydroxylation is 2. The van der Waals surface area contributed by atoms with Gasteiger partial charge in [-0.3, -0.25) is 9.69 Å². The third-order valence-electron chi connectivity index (χ3n) is 8.14. The molecule has 41 heavy (non-hydrogen) atoms. The van der Waals surface area contributed by atoms with Gasteiger partial charge in [0.25, 0.3) is 5.91 Å². The molecule has 214 valence electrons. The van der Waals surface area contributed by atoms with Crippen LogP contribution in [0.15, 0.2) is 65.6 Å². The smallest absolute Gasteiger partial charge is 0.251 e. The first-order chi connectivity index (χ1) is 19.8. The Morgan fingerprint density at radius 3 is 2.34 bits per heavy atom. The van der Waals surface area contributed by atoms with E-state index in [-0.39, 0.29) is 10.8 Å². The van der Waals surface area contributed by atoms with Crippen LogP contribution in [-0.2, 0) is 23.0 Å². The van der Waals surface area contributed by atoms with E-state index in [0.29, 0.717) is 31.6 Å². The minimum atomic E-state index is -3.63. The van der Waals surface area contributed by atoms with Gasteiger partial charge in [0, 0.05) is 57.9 Å². The van der Waals surface area contributed by atoms with E-state index in [2.05, 4.69) is 47.2 Å². The Balaban J connectivity index is 0.985. The molecule has 1 N–H and O–H groups in total. The number of rotatable bonds is 7. The highest BCUT2D eigenvalue weighted by molar-refractivity contribution is 7.89. The van der Waals surface area contributed by atoms with Crippen LogP contribution in [0.4, 0.5) is 5.13 Å². The third-order valence-corrected chi connectivity index (χ3v) is 11.2. The molecule has 0 saturated carbocycles. The van der Waals surface area contributed by atoms with Crippen LogP contribution in [0, 0.1) is 13.8 Å². The lowest BCUT2D eigenvalue weighted by Gasteiger charge is -2.34. The SMILES string of the molecule is Cc1ccc(C)c2sc(N3CCN(CCNC(=O)c4ccc(S(=O)(=O)N5CCc6ccccc6C5)cc4)CC3)nc12.